The Bertz CT molecular complexity index is 1030. The van der Waals surface area contributed by atoms with Crippen molar-refractivity contribution >= 4 is 33.3 Å². The van der Waals surface area contributed by atoms with Gasteiger partial charge in [0.2, 0.25) is 5.95 Å². The van der Waals surface area contributed by atoms with Crippen molar-refractivity contribution in [2.75, 3.05) is 5.32 Å². The van der Waals surface area contributed by atoms with Gasteiger partial charge in [0.05, 0.1) is 20.8 Å². The van der Waals surface area contributed by atoms with Crippen LogP contribution in [0.3, 0.4) is 0 Å². The Kier molecular flexibility index (Phi) is 5.13. The predicted octanol–water partition coefficient (Wildman–Crippen LogP) is 3.10. The van der Waals surface area contributed by atoms with Crippen molar-refractivity contribution in [1.82, 2.24) is 9.97 Å². The van der Waals surface area contributed by atoms with Gasteiger partial charge >= 0.3 is 0 Å². The van der Waals surface area contributed by atoms with Crippen LogP contribution in [-0.4, -0.2) is 40.3 Å². The summed E-state index contributed by atoms with van der Waals surface area (Å²) in [6.45, 7) is 1.81. The molecule has 2 bridgehead atoms. The van der Waals surface area contributed by atoms with Crippen LogP contribution >= 0.6 is 11.6 Å². The Morgan fingerprint density at radius 1 is 1.21 bits per heavy atom. The number of nitrogens with zero attached hydrogens (tertiary/aromatic N) is 2. The van der Waals surface area contributed by atoms with E-state index in [0.717, 1.165) is 12.8 Å². The number of sulfone groups is 1. The molecule has 1 heterocycles. The molecule has 0 aliphatic heterocycles. The molecule has 1 unspecified atom stereocenters. The third-order valence-corrected chi connectivity index (χ3v) is 9.00. The van der Waals surface area contributed by atoms with Crippen molar-refractivity contribution in [3.05, 3.63) is 47.2 Å². The van der Waals surface area contributed by atoms with Gasteiger partial charge in [-0.15, -0.1) is 0 Å². The second kappa shape index (κ2) is 7.34. The molecule has 0 spiro atoms. The number of anilines is 1. The predicted molar refractivity (Wildman–Crippen MR) is 108 cm³/mol. The molecule has 2 fully saturated rings. The molecule has 154 valence electrons. The molecule has 0 saturated heterocycles. The van der Waals surface area contributed by atoms with Crippen LogP contribution in [0.1, 0.15) is 43.0 Å². The summed E-state index contributed by atoms with van der Waals surface area (Å²) < 4.78 is 26.7. The number of hydrogen-bond donors (Lipinski definition) is 2. The summed E-state index contributed by atoms with van der Waals surface area (Å²) in [4.78, 5) is 20.3. The van der Waals surface area contributed by atoms with Crippen molar-refractivity contribution in [3.8, 4) is 0 Å². The van der Waals surface area contributed by atoms with E-state index >= 15 is 0 Å². The normalized spacial score (nSPS) is 28.9. The topological polar surface area (TPSA) is 109 Å². The Morgan fingerprint density at radius 3 is 2.45 bits per heavy atom. The monoisotopic (exact) mass is 435 g/mol. The number of aliphatic hydroxyl groups is 1. The van der Waals surface area contributed by atoms with Gasteiger partial charge in [-0.25, -0.2) is 18.4 Å². The zero-order chi connectivity index (χ0) is 20.8. The second-order valence-corrected chi connectivity index (χ2v) is 10.6. The first-order valence-corrected chi connectivity index (χ1v) is 11.5. The fraction of sp³-hybridized carbons (Fsp3) is 0.450. The molecule has 1 aromatic heterocycles. The number of rotatable bonds is 4. The van der Waals surface area contributed by atoms with Gasteiger partial charge in [0.25, 0.3) is 5.91 Å². The number of amides is 1. The SMILES string of the molecule is C[C@@]1(O)C2CC[C@H]1C[C@H](S(=O)(=O)c1cc(C(=O)Nc3ncccn3)ccc1Cl)C2. The first-order chi connectivity index (χ1) is 13.7. The molecule has 1 aromatic carbocycles. The number of carbonyl (C=O) groups is 1. The van der Waals surface area contributed by atoms with Crippen molar-refractivity contribution in [1.29, 1.82) is 0 Å². The first-order valence-electron chi connectivity index (χ1n) is 9.54. The van der Waals surface area contributed by atoms with Gasteiger partial charge in [0, 0.05) is 18.0 Å². The molecule has 9 heteroatoms. The maximum absolute atomic E-state index is 13.3. The minimum absolute atomic E-state index is 0.0403. The van der Waals surface area contributed by atoms with E-state index in [1.54, 1.807) is 6.07 Å². The van der Waals surface area contributed by atoms with E-state index in [9.17, 15) is 18.3 Å². The van der Waals surface area contributed by atoms with E-state index < -0.39 is 26.6 Å². The molecule has 4 atom stereocenters. The number of carbonyl (C=O) groups excluding carboxylic acids is 1. The Balaban J connectivity index is 1.61. The van der Waals surface area contributed by atoms with Gasteiger partial charge in [0.15, 0.2) is 9.84 Å². The van der Waals surface area contributed by atoms with Crippen LogP contribution in [-0.2, 0) is 9.84 Å². The van der Waals surface area contributed by atoms with Crippen LogP contribution in [0, 0.1) is 11.8 Å². The van der Waals surface area contributed by atoms with Gasteiger partial charge in [-0.3, -0.25) is 10.1 Å². The Labute approximate surface area is 174 Å². The van der Waals surface area contributed by atoms with Gasteiger partial charge in [-0.2, -0.15) is 0 Å². The highest BCUT2D eigenvalue weighted by Crippen LogP contribution is 2.51. The Morgan fingerprint density at radius 2 is 1.83 bits per heavy atom. The minimum atomic E-state index is -3.75. The summed E-state index contributed by atoms with van der Waals surface area (Å²) in [7, 11) is -3.75. The van der Waals surface area contributed by atoms with E-state index in [-0.39, 0.29) is 33.3 Å². The largest absolute Gasteiger partial charge is 0.390 e. The molecular weight excluding hydrogens is 414 g/mol. The summed E-state index contributed by atoms with van der Waals surface area (Å²) in [6, 6.07) is 5.82. The highest BCUT2D eigenvalue weighted by Gasteiger charge is 2.53. The van der Waals surface area contributed by atoms with Gasteiger partial charge < -0.3 is 5.11 Å². The van der Waals surface area contributed by atoms with Crippen LogP contribution in [0.4, 0.5) is 5.95 Å². The van der Waals surface area contributed by atoms with Gasteiger partial charge in [-0.1, -0.05) is 11.6 Å². The van der Waals surface area contributed by atoms with Crippen LogP contribution < -0.4 is 5.32 Å². The van der Waals surface area contributed by atoms with Gasteiger partial charge in [-0.05, 0) is 68.7 Å². The molecule has 4 rings (SSSR count). The fourth-order valence-electron chi connectivity index (χ4n) is 4.60. The van der Waals surface area contributed by atoms with Crippen LogP contribution in [0.15, 0.2) is 41.6 Å². The fourth-order valence-corrected chi connectivity index (χ4v) is 7.00. The molecule has 29 heavy (non-hydrogen) atoms. The minimum Gasteiger partial charge on any atom is -0.390 e. The van der Waals surface area contributed by atoms with E-state index in [1.165, 1.54) is 30.6 Å². The summed E-state index contributed by atoms with van der Waals surface area (Å²) >= 11 is 6.22. The zero-order valence-corrected chi connectivity index (χ0v) is 17.4. The lowest BCUT2D eigenvalue weighted by atomic mass is 9.76. The molecule has 0 radical (unpaired) electrons. The summed E-state index contributed by atoms with van der Waals surface area (Å²) in [5.41, 5.74) is -0.654. The number of aromatic nitrogens is 2. The van der Waals surface area contributed by atoms with Crippen LogP contribution in [0.2, 0.25) is 5.02 Å². The van der Waals surface area contributed by atoms with Crippen LogP contribution in [0.25, 0.3) is 0 Å². The third-order valence-electron chi connectivity index (χ3n) is 6.34. The summed E-state index contributed by atoms with van der Waals surface area (Å²) in [6.07, 6.45) is 5.44. The van der Waals surface area contributed by atoms with E-state index in [0.29, 0.717) is 12.8 Å². The summed E-state index contributed by atoms with van der Waals surface area (Å²) in [5, 5.41) is 12.7. The maximum Gasteiger partial charge on any atom is 0.258 e. The lowest BCUT2D eigenvalue weighted by Gasteiger charge is -2.40. The van der Waals surface area contributed by atoms with Crippen molar-refractivity contribution in [3.63, 3.8) is 0 Å². The standard InChI is InChI=1S/C20H22ClN3O4S/c1-20(26)13-4-5-14(20)11-15(10-13)29(27,28)17-9-12(3-6-16(17)21)18(25)24-19-22-7-2-8-23-19/h2-3,6-9,13-15,26H,4-5,10-11H2,1H3,(H,22,23,24,25)/t13-,14?,15-,20-/m0/s1. The highest BCUT2D eigenvalue weighted by atomic mass is 35.5. The molecule has 2 aliphatic rings. The third kappa shape index (κ3) is 3.65. The number of halogens is 1. The quantitative estimate of drug-likeness (QED) is 0.763. The van der Waals surface area contributed by atoms with Crippen molar-refractivity contribution in [2.24, 2.45) is 11.8 Å². The molecule has 2 N–H and O–H groups in total. The lowest BCUT2D eigenvalue weighted by molar-refractivity contribution is -0.0413. The number of fused-ring (bicyclic) bond motifs is 2. The molecule has 2 aromatic rings. The second-order valence-electron chi connectivity index (χ2n) is 8.01. The smallest absolute Gasteiger partial charge is 0.258 e. The van der Waals surface area contributed by atoms with Crippen molar-refractivity contribution in [2.45, 2.75) is 48.4 Å². The molecule has 2 aliphatic carbocycles. The average molecular weight is 436 g/mol. The number of hydrogen-bond acceptors (Lipinski definition) is 6. The van der Waals surface area contributed by atoms with E-state index in [1.807, 2.05) is 6.92 Å². The van der Waals surface area contributed by atoms with Crippen LogP contribution in [0.5, 0.6) is 0 Å². The first kappa shape index (κ1) is 20.3. The maximum atomic E-state index is 13.3. The molecule has 2 saturated carbocycles. The Hall–Kier alpha value is -2.03. The molecule has 7 nitrogen and oxygen atoms in total. The zero-order valence-electron chi connectivity index (χ0n) is 15.9. The number of nitrogens with one attached hydrogen (secondary N) is 1. The molecular formula is C20H22ClN3O4S. The lowest BCUT2D eigenvalue weighted by Crippen LogP contribution is -2.45. The molecule has 1 amide bonds. The van der Waals surface area contributed by atoms with E-state index in [2.05, 4.69) is 15.3 Å². The average Bonchev–Trinajstić information content (AvgIpc) is 2.86. The highest BCUT2D eigenvalue weighted by molar-refractivity contribution is 7.92. The van der Waals surface area contributed by atoms with Crippen molar-refractivity contribution < 1.29 is 18.3 Å². The van der Waals surface area contributed by atoms with E-state index in [4.69, 9.17) is 11.6 Å². The summed E-state index contributed by atoms with van der Waals surface area (Å²) in [5.74, 6) is -0.470. The van der Waals surface area contributed by atoms with Gasteiger partial charge in [0.1, 0.15) is 0 Å². The number of benzene rings is 1.